The van der Waals surface area contributed by atoms with Crippen molar-refractivity contribution in [3.63, 3.8) is 0 Å². The highest BCUT2D eigenvalue weighted by molar-refractivity contribution is 6.42. The summed E-state index contributed by atoms with van der Waals surface area (Å²) < 4.78 is 0. The van der Waals surface area contributed by atoms with Gasteiger partial charge in [-0.3, -0.25) is 4.79 Å². The number of halogens is 2. The molecule has 0 unspecified atom stereocenters. The number of aliphatic hydroxyl groups excluding tert-OH is 2. The number of nitrogens with zero attached hydrogens (tertiary/aromatic N) is 3. The number of carbonyl (C=O) groups is 1. The van der Waals surface area contributed by atoms with Gasteiger partial charge in [-0.25, -0.2) is 0 Å². The second kappa shape index (κ2) is 9.44. The Morgan fingerprint density at radius 3 is 2.58 bits per heavy atom. The maximum atomic E-state index is 12.9. The van der Waals surface area contributed by atoms with Crippen molar-refractivity contribution in [3.05, 3.63) is 28.2 Å². The van der Waals surface area contributed by atoms with Gasteiger partial charge in [-0.2, -0.15) is 0 Å². The molecule has 172 valence electrons. The van der Waals surface area contributed by atoms with Gasteiger partial charge >= 0.3 is 0 Å². The third-order valence-corrected chi connectivity index (χ3v) is 8.24. The van der Waals surface area contributed by atoms with Crippen LogP contribution in [0.1, 0.15) is 39.0 Å². The maximum absolute atomic E-state index is 12.9. The fourth-order valence-electron chi connectivity index (χ4n) is 5.17. The van der Waals surface area contributed by atoms with E-state index in [1.165, 1.54) is 0 Å². The van der Waals surface area contributed by atoms with E-state index in [1.807, 2.05) is 17.0 Å². The molecular formula is C23H33Cl2N3O3. The lowest BCUT2D eigenvalue weighted by atomic mass is 9.90. The number of carbonyl (C=O) groups excluding carboxylic acids is 1. The molecule has 1 aromatic carbocycles. The van der Waals surface area contributed by atoms with Crippen LogP contribution in [0.5, 0.6) is 0 Å². The number of β-amino-alcohol motifs (C(OH)–C–C–N with tert-alkyl or cyclic N) is 1. The Bertz CT molecular complexity index is 804. The first-order chi connectivity index (χ1) is 14.8. The van der Waals surface area contributed by atoms with Gasteiger partial charge in [0.1, 0.15) is 0 Å². The summed E-state index contributed by atoms with van der Waals surface area (Å²) in [7, 11) is 0. The monoisotopic (exact) mass is 469 g/mol. The van der Waals surface area contributed by atoms with E-state index in [4.69, 9.17) is 23.2 Å². The topological polar surface area (TPSA) is 67.2 Å². The molecule has 1 aromatic rings. The number of likely N-dealkylation sites (tertiary alicyclic amines) is 1. The number of rotatable bonds is 6. The fraction of sp³-hybridized carbons (Fsp3) is 0.696. The lowest BCUT2D eigenvalue weighted by molar-refractivity contribution is -0.134. The van der Waals surface area contributed by atoms with Crippen molar-refractivity contribution in [2.75, 3.05) is 44.2 Å². The molecule has 2 heterocycles. The van der Waals surface area contributed by atoms with E-state index < -0.39 is 0 Å². The highest BCUT2D eigenvalue weighted by Gasteiger charge is 2.51. The van der Waals surface area contributed by atoms with Gasteiger partial charge in [0, 0.05) is 44.3 Å². The van der Waals surface area contributed by atoms with E-state index in [1.54, 1.807) is 6.07 Å². The Kier molecular flexibility index (Phi) is 7.04. The average Bonchev–Trinajstić information content (AvgIpc) is 3.54. The predicted molar refractivity (Wildman–Crippen MR) is 124 cm³/mol. The Morgan fingerprint density at radius 1 is 1.16 bits per heavy atom. The normalized spacial score (nSPS) is 27.5. The Labute approximate surface area is 194 Å². The summed E-state index contributed by atoms with van der Waals surface area (Å²) in [6.07, 6.45) is 4.21. The minimum Gasteiger partial charge on any atom is -0.394 e. The second-order valence-corrected chi connectivity index (χ2v) is 10.3. The van der Waals surface area contributed by atoms with Crippen LogP contribution in [0.15, 0.2) is 18.2 Å². The first kappa shape index (κ1) is 23.1. The maximum Gasteiger partial charge on any atom is 0.224 e. The summed E-state index contributed by atoms with van der Waals surface area (Å²) in [6.45, 7) is 5.68. The van der Waals surface area contributed by atoms with Crippen molar-refractivity contribution in [2.24, 2.45) is 5.41 Å². The van der Waals surface area contributed by atoms with Crippen molar-refractivity contribution in [1.29, 1.82) is 0 Å². The molecule has 1 saturated carbocycles. The first-order valence-electron chi connectivity index (χ1n) is 11.4. The molecule has 6 nitrogen and oxygen atoms in total. The minimum absolute atomic E-state index is 0.0500. The molecule has 0 aromatic heterocycles. The molecule has 3 aliphatic rings. The van der Waals surface area contributed by atoms with Crippen molar-refractivity contribution >= 4 is 34.8 Å². The minimum atomic E-state index is -0.242. The zero-order valence-electron chi connectivity index (χ0n) is 18.1. The molecular weight excluding hydrogens is 437 g/mol. The third kappa shape index (κ3) is 4.98. The van der Waals surface area contributed by atoms with Crippen LogP contribution in [0.2, 0.25) is 10.0 Å². The fourth-order valence-corrected chi connectivity index (χ4v) is 5.46. The third-order valence-electron chi connectivity index (χ3n) is 7.50. The zero-order valence-corrected chi connectivity index (χ0v) is 19.7. The van der Waals surface area contributed by atoms with E-state index >= 15 is 0 Å². The molecule has 0 bridgehead atoms. The van der Waals surface area contributed by atoms with Crippen LogP contribution in [0.25, 0.3) is 0 Å². The van der Waals surface area contributed by atoms with Crippen LogP contribution in [0.3, 0.4) is 0 Å². The van der Waals surface area contributed by atoms with Crippen molar-refractivity contribution in [1.82, 2.24) is 9.80 Å². The van der Waals surface area contributed by atoms with Crippen LogP contribution < -0.4 is 4.90 Å². The highest BCUT2D eigenvalue weighted by Crippen LogP contribution is 2.53. The summed E-state index contributed by atoms with van der Waals surface area (Å²) in [5, 5.41) is 21.6. The molecule has 31 heavy (non-hydrogen) atoms. The SMILES string of the molecule is C[C@H]1CN([C@@H](CO)CCN2CCC3(CC3)[C@H](O)C2)C(=O)CCN1c1ccc(Cl)c(Cl)c1. The first-order valence-corrected chi connectivity index (χ1v) is 12.1. The largest absolute Gasteiger partial charge is 0.394 e. The number of aliphatic hydroxyl groups is 2. The second-order valence-electron chi connectivity index (χ2n) is 9.49. The van der Waals surface area contributed by atoms with E-state index in [9.17, 15) is 15.0 Å². The van der Waals surface area contributed by atoms with Crippen molar-refractivity contribution < 1.29 is 15.0 Å². The lowest BCUT2D eigenvalue weighted by Crippen LogP contribution is -2.49. The molecule has 0 radical (unpaired) electrons. The van der Waals surface area contributed by atoms with Gasteiger partial charge in [-0.15, -0.1) is 0 Å². The molecule has 3 atom stereocenters. The van der Waals surface area contributed by atoms with E-state index in [2.05, 4.69) is 16.7 Å². The highest BCUT2D eigenvalue weighted by atomic mass is 35.5. The number of hydrogen-bond acceptors (Lipinski definition) is 5. The average molecular weight is 470 g/mol. The van der Waals surface area contributed by atoms with Crippen LogP contribution >= 0.6 is 23.2 Å². The summed E-state index contributed by atoms with van der Waals surface area (Å²) in [4.78, 5) is 19.3. The number of amides is 1. The number of anilines is 1. The van der Waals surface area contributed by atoms with Gasteiger partial charge in [-0.1, -0.05) is 23.2 Å². The predicted octanol–water partition coefficient (Wildman–Crippen LogP) is 3.02. The van der Waals surface area contributed by atoms with Crippen LogP contribution in [-0.2, 0) is 4.79 Å². The summed E-state index contributed by atoms with van der Waals surface area (Å²) >= 11 is 12.3. The van der Waals surface area contributed by atoms with Crippen LogP contribution in [0.4, 0.5) is 5.69 Å². The number of piperidine rings is 1. The van der Waals surface area contributed by atoms with Crippen LogP contribution in [-0.4, -0.2) is 83.4 Å². The van der Waals surface area contributed by atoms with E-state index in [0.717, 1.165) is 38.0 Å². The van der Waals surface area contributed by atoms with Crippen LogP contribution in [0, 0.1) is 5.41 Å². The molecule has 8 heteroatoms. The molecule has 3 fully saturated rings. The van der Waals surface area contributed by atoms with Crippen molar-refractivity contribution in [3.8, 4) is 0 Å². The number of hydrogen-bond donors (Lipinski definition) is 2. The summed E-state index contributed by atoms with van der Waals surface area (Å²) in [5.41, 5.74) is 1.14. The quantitative estimate of drug-likeness (QED) is 0.669. The van der Waals surface area contributed by atoms with Gasteiger partial charge in [0.2, 0.25) is 5.91 Å². The van der Waals surface area contributed by atoms with E-state index in [-0.39, 0.29) is 36.1 Å². The van der Waals surface area contributed by atoms with Gasteiger partial charge in [-0.05, 0) is 62.8 Å². The van der Waals surface area contributed by atoms with Gasteiger partial charge in [0.25, 0.3) is 0 Å². The molecule has 1 amide bonds. The van der Waals surface area contributed by atoms with Crippen molar-refractivity contribution in [2.45, 2.75) is 57.2 Å². The Hall–Kier alpha value is -1.05. The van der Waals surface area contributed by atoms with Gasteiger partial charge in [0.05, 0.1) is 28.8 Å². The molecule has 1 spiro atoms. The van der Waals surface area contributed by atoms with Gasteiger partial charge in [0.15, 0.2) is 0 Å². The molecule has 1 aliphatic carbocycles. The molecule has 2 saturated heterocycles. The van der Waals surface area contributed by atoms with E-state index in [0.29, 0.717) is 42.5 Å². The molecule has 2 aliphatic heterocycles. The lowest BCUT2D eigenvalue weighted by Gasteiger charge is -2.38. The Morgan fingerprint density at radius 2 is 1.94 bits per heavy atom. The summed E-state index contributed by atoms with van der Waals surface area (Å²) in [5.74, 6) is 0.0732. The number of benzene rings is 1. The Balaban J connectivity index is 1.38. The molecule has 4 rings (SSSR count). The molecule has 2 N–H and O–H groups in total. The summed E-state index contributed by atoms with van der Waals surface area (Å²) in [6, 6.07) is 5.44. The van der Waals surface area contributed by atoms with Gasteiger partial charge < -0.3 is 24.9 Å². The zero-order chi connectivity index (χ0) is 22.2. The smallest absolute Gasteiger partial charge is 0.224 e. The standard InChI is InChI=1S/C23H33Cl2N3O3/c1-16-13-28(22(31)5-10-27(16)17-2-3-19(24)20(25)12-17)18(15-29)4-9-26-11-8-23(6-7-23)21(30)14-26/h2-3,12,16,18,21,29-30H,4-11,13-15H2,1H3/t16-,18+,21+/m0/s1.